The minimum atomic E-state index is -1.26. The van der Waals surface area contributed by atoms with Crippen LogP contribution in [-0.4, -0.2) is 7.11 Å². The second-order valence-electron chi connectivity index (χ2n) is 2.47. The number of nitrogens with zero attached hydrogens (tertiary/aromatic N) is 1. The van der Waals surface area contributed by atoms with Gasteiger partial charge in [0.15, 0.2) is 16.9 Å². The van der Waals surface area contributed by atoms with E-state index in [2.05, 4.69) is 4.74 Å². The van der Waals surface area contributed by atoms with Gasteiger partial charge in [0.1, 0.15) is 5.82 Å². The molecule has 2 nitrogen and oxygen atoms in total. The smallest absolute Gasteiger partial charge is 0.165 e. The van der Waals surface area contributed by atoms with Crippen LogP contribution in [0.4, 0.5) is 8.78 Å². The average molecular weight is 218 g/mol. The van der Waals surface area contributed by atoms with E-state index in [1.807, 2.05) is 0 Å². The second kappa shape index (κ2) is 4.25. The van der Waals surface area contributed by atoms with Crippen LogP contribution in [0.1, 0.15) is 10.9 Å². The first-order chi connectivity index (χ1) is 6.61. The van der Waals surface area contributed by atoms with Crippen LogP contribution in [0.2, 0.25) is 0 Å². The predicted molar refractivity (Wildman–Crippen MR) is 47.1 cm³/mol. The number of halogens is 3. The molecule has 0 saturated carbocycles. The first-order valence-corrected chi connectivity index (χ1v) is 4.11. The first kappa shape index (κ1) is 10.7. The molecule has 74 valence electrons. The average Bonchev–Trinajstić information content (AvgIpc) is 2.19. The molecule has 0 aliphatic carbocycles. The molecule has 0 aromatic heterocycles. The highest BCUT2D eigenvalue weighted by molar-refractivity contribution is 6.22. The summed E-state index contributed by atoms with van der Waals surface area (Å²) in [4.78, 5) is 0. The Morgan fingerprint density at radius 1 is 1.43 bits per heavy atom. The number of ether oxygens (including phenoxy) is 1. The largest absolute Gasteiger partial charge is 0.493 e. The summed E-state index contributed by atoms with van der Waals surface area (Å²) in [5.74, 6) is -1.83. The molecule has 1 aromatic rings. The SMILES string of the molecule is COc1c(F)ccc(F)c1C(Cl)C#N. The van der Waals surface area contributed by atoms with E-state index < -0.39 is 17.0 Å². The van der Waals surface area contributed by atoms with E-state index in [1.165, 1.54) is 7.11 Å². The molecule has 0 bridgehead atoms. The van der Waals surface area contributed by atoms with Gasteiger partial charge in [0.05, 0.1) is 18.7 Å². The summed E-state index contributed by atoms with van der Waals surface area (Å²) in [5.41, 5.74) is -0.267. The van der Waals surface area contributed by atoms with Crippen LogP contribution in [0.25, 0.3) is 0 Å². The molecule has 1 aromatic carbocycles. The standard InChI is InChI=1S/C9H6ClF2NO/c1-14-9-7(12)3-2-6(11)8(9)5(10)4-13/h2-3,5H,1H3. The molecule has 0 N–H and O–H groups in total. The maximum Gasteiger partial charge on any atom is 0.165 e. The van der Waals surface area contributed by atoms with Gasteiger partial charge in [-0.1, -0.05) is 0 Å². The number of nitriles is 1. The first-order valence-electron chi connectivity index (χ1n) is 3.67. The molecule has 1 atom stereocenters. The third-order valence-corrected chi connectivity index (χ3v) is 1.98. The summed E-state index contributed by atoms with van der Waals surface area (Å²) in [6.07, 6.45) is 0. The van der Waals surface area contributed by atoms with E-state index in [0.29, 0.717) is 0 Å². The zero-order valence-corrected chi connectivity index (χ0v) is 7.98. The highest BCUT2D eigenvalue weighted by atomic mass is 35.5. The molecule has 0 heterocycles. The van der Waals surface area contributed by atoms with Crippen molar-refractivity contribution < 1.29 is 13.5 Å². The monoisotopic (exact) mass is 217 g/mol. The van der Waals surface area contributed by atoms with E-state index in [9.17, 15) is 8.78 Å². The van der Waals surface area contributed by atoms with Crippen molar-refractivity contribution in [3.8, 4) is 11.8 Å². The highest BCUT2D eigenvalue weighted by Gasteiger charge is 2.21. The van der Waals surface area contributed by atoms with E-state index >= 15 is 0 Å². The van der Waals surface area contributed by atoms with Crippen molar-refractivity contribution in [2.24, 2.45) is 0 Å². The molecular weight excluding hydrogens is 212 g/mol. The van der Waals surface area contributed by atoms with E-state index in [-0.39, 0.29) is 11.3 Å². The molecule has 0 radical (unpaired) electrons. The highest BCUT2D eigenvalue weighted by Crippen LogP contribution is 2.33. The lowest BCUT2D eigenvalue weighted by Gasteiger charge is -2.10. The number of alkyl halides is 1. The van der Waals surface area contributed by atoms with Crippen molar-refractivity contribution in [1.29, 1.82) is 5.26 Å². The van der Waals surface area contributed by atoms with Gasteiger partial charge in [-0.2, -0.15) is 5.26 Å². The number of hydrogen-bond acceptors (Lipinski definition) is 2. The van der Waals surface area contributed by atoms with Gasteiger partial charge in [0.2, 0.25) is 0 Å². The summed E-state index contributed by atoms with van der Waals surface area (Å²) < 4.78 is 30.9. The quantitative estimate of drug-likeness (QED) is 0.714. The summed E-state index contributed by atoms with van der Waals surface area (Å²) in [6.45, 7) is 0. The van der Waals surface area contributed by atoms with Gasteiger partial charge in [-0.3, -0.25) is 0 Å². The molecule has 0 aliphatic rings. The lowest BCUT2D eigenvalue weighted by molar-refractivity contribution is 0.377. The molecule has 0 spiro atoms. The zero-order valence-electron chi connectivity index (χ0n) is 7.22. The Labute approximate surface area is 84.7 Å². The summed E-state index contributed by atoms with van der Waals surface area (Å²) in [5, 5.41) is 7.23. The fraction of sp³-hybridized carbons (Fsp3) is 0.222. The fourth-order valence-electron chi connectivity index (χ4n) is 1.06. The van der Waals surface area contributed by atoms with E-state index in [0.717, 1.165) is 12.1 Å². The van der Waals surface area contributed by atoms with Crippen molar-refractivity contribution in [2.45, 2.75) is 5.38 Å². The minimum Gasteiger partial charge on any atom is -0.493 e. The van der Waals surface area contributed by atoms with Gasteiger partial charge in [0.25, 0.3) is 0 Å². The van der Waals surface area contributed by atoms with Crippen LogP contribution < -0.4 is 4.74 Å². The minimum absolute atomic E-state index is 0.267. The molecule has 0 amide bonds. The van der Waals surface area contributed by atoms with Gasteiger partial charge in [0, 0.05) is 0 Å². The Balaban J connectivity index is 3.39. The Morgan fingerprint density at radius 3 is 2.50 bits per heavy atom. The predicted octanol–water partition coefficient (Wildman–Crippen LogP) is 2.78. The number of hydrogen-bond donors (Lipinski definition) is 0. The maximum absolute atomic E-state index is 13.2. The van der Waals surface area contributed by atoms with Gasteiger partial charge < -0.3 is 4.74 Å². The molecule has 1 unspecified atom stereocenters. The van der Waals surface area contributed by atoms with Crippen molar-refractivity contribution in [2.75, 3.05) is 7.11 Å². The van der Waals surface area contributed by atoms with Crippen LogP contribution in [0.3, 0.4) is 0 Å². The third kappa shape index (κ3) is 1.78. The molecule has 14 heavy (non-hydrogen) atoms. The Morgan fingerprint density at radius 2 is 2.00 bits per heavy atom. The number of methoxy groups -OCH3 is 1. The molecular formula is C9H6ClF2NO. The molecule has 0 aliphatic heterocycles. The van der Waals surface area contributed by atoms with Crippen molar-refractivity contribution in [3.05, 3.63) is 29.3 Å². The Kier molecular flexibility index (Phi) is 3.26. The second-order valence-corrected chi connectivity index (χ2v) is 2.90. The Bertz CT molecular complexity index is 389. The maximum atomic E-state index is 13.2. The van der Waals surface area contributed by atoms with Crippen LogP contribution in [0.15, 0.2) is 12.1 Å². The van der Waals surface area contributed by atoms with E-state index in [1.54, 1.807) is 6.07 Å². The van der Waals surface area contributed by atoms with Crippen LogP contribution in [0.5, 0.6) is 5.75 Å². The van der Waals surface area contributed by atoms with Gasteiger partial charge in [-0.05, 0) is 12.1 Å². The summed E-state index contributed by atoms with van der Waals surface area (Å²) >= 11 is 5.50. The number of rotatable bonds is 2. The van der Waals surface area contributed by atoms with Crippen molar-refractivity contribution in [3.63, 3.8) is 0 Å². The lowest BCUT2D eigenvalue weighted by atomic mass is 10.1. The molecule has 0 fully saturated rings. The Hall–Kier alpha value is -1.34. The molecule has 0 saturated heterocycles. The van der Waals surface area contributed by atoms with E-state index in [4.69, 9.17) is 16.9 Å². The van der Waals surface area contributed by atoms with Crippen LogP contribution in [-0.2, 0) is 0 Å². The summed E-state index contributed by atoms with van der Waals surface area (Å²) in [7, 11) is 1.18. The normalized spacial score (nSPS) is 11.9. The summed E-state index contributed by atoms with van der Waals surface area (Å²) in [6, 6.07) is 3.42. The van der Waals surface area contributed by atoms with Crippen molar-refractivity contribution in [1.82, 2.24) is 0 Å². The third-order valence-electron chi connectivity index (χ3n) is 1.67. The lowest BCUT2D eigenvalue weighted by Crippen LogP contribution is -2.00. The van der Waals surface area contributed by atoms with Gasteiger partial charge in [-0.25, -0.2) is 8.78 Å². The van der Waals surface area contributed by atoms with Crippen LogP contribution in [0, 0.1) is 23.0 Å². The fourth-order valence-corrected chi connectivity index (χ4v) is 1.26. The molecule has 5 heteroatoms. The van der Waals surface area contributed by atoms with Gasteiger partial charge in [-0.15, -0.1) is 11.6 Å². The van der Waals surface area contributed by atoms with Crippen LogP contribution >= 0.6 is 11.6 Å². The molecule has 1 rings (SSSR count). The zero-order chi connectivity index (χ0) is 10.7. The van der Waals surface area contributed by atoms with Gasteiger partial charge >= 0.3 is 0 Å². The topological polar surface area (TPSA) is 33.0 Å². The van der Waals surface area contributed by atoms with Crippen molar-refractivity contribution >= 4 is 11.6 Å². The number of benzene rings is 1.